The van der Waals surface area contributed by atoms with Crippen molar-refractivity contribution >= 4 is 51.7 Å². The number of ketones is 1. The molecular formula is C23H24ClN5O5S. The third kappa shape index (κ3) is 4.67. The highest BCUT2D eigenvalue weighted by Gasteiger charge is 2.34. The predicted octanol–water partition coefficient (Wildman–Crippen LogP) is 3.25. The summed E-state index contributed by atoms with van der Waals surface area (Å²) in [6.07, 6.45) is 5.96. The van der Waals surface area contributed by atoms with Gasteiger partial charge in [-0.2, -0.15) is 9.36 Å². The van der Waals surface area contributed by atoms with Crippen LogP contribution in [0.15, 0.2) is 17.1 Å². The van der Waals surface area contributed by atoms with Crippen LogP contribution >= 0.6 is 23.1 Å². The fourth-order valence-corrected chi connectivity index (χ4v) is 5.43. The molecule has 0 bridgehead atoms. The molecule has 3 aromatic heterocycles. The molecule has 2 saturated heterocycles. The maximum atomic E-state index is 12.9. The molecule has 2 fully saturated rings. The van der Waals surface area contributed by atoms with Gasteiger partial charge in [0.25, 0.3) is 0 Å². The lowest BCUT2D eigenvalue weighted by atomic mass is 9.90. The average molecular weight is 518 g/mol. The van der Waals surface area contributed by atoms with Gasteiger partial charge in [-0.3, -0.25) is 14.2 Å². The van der Waals surface area contributed by atoms with E-state index in [0.717, 1.165) is 43.8 Å². The van der Waals surface area contributed by atoms with E-state index in [0.29, 0.717) is 36.0 Å². The molecule has 1 N–H and O–H groups in total. The Morgan fingerprint density at radius 3 is 2.74 bits per heavy atom. The number of fused-ring (bicyclic) bond motifs is 1. The number of hydrogen-bond acceptors (Lipinski definition) is 9. The van der Waals surface area contributed by atoms with Crippen LogP contribution in [0.1, 0.15) is 48.0 Å². The molecule has 2 aliphatic heterocycles. The minimum Gasteiger partial charge on any atom is -0.477 e. The summed E-state index contributed by atoms with van der Waals surface area (Å²) in [6.45, 7) is 3.62. The van der Waals surface area contributed by atoms with Crippen LogP contribution in [0.25, 0.3) is 16.2 Å². The van der Waals surface area contributed by atoms with Gasteiger partial charge < -0.3 is 14.7 Å². The van der Waals surface area contributed by atoms with E-state index in [1.807, 2.05) is 4.90 Å². The molecule has 10 nitrogen and oxygen atoms in total. The van der Waals surface area contributed by atoms with E-state index in [4.69, 9.17) is 16.3 Å². The van der Waals surface area contributed by atoms with Crippen molar-refractivity contribution in [3.05, 3.63) is 38.9 Å². The molecule has 5 rings (SSSR count). The zero-order valence-electron chi connectivity index (χ0n) is 19.1. The Bertz CT molecular complexity index is 1360. The number of carbonyl (C=O) groups is 2. The van der Waals surface area contributed by atoms with Crippen LogP contribution in [0.4, 0.5) is 5.82 Å². The molecule has 0 aromatic carbocycles. The van der Waals surface area contributed by atoms with Crippen LogP contribution < -0.4 is 10.3 Å². The third-order valence-electron chi connectivity index (χ3n) is 6.62. The van der Waals surface area contributed by atoms with Gasteiger partial charge in [0, 0.05) is 43.8 Å². The number of pyridine rings is 2. The van der Waals surface area contributed by atoms with E-state index < -0.39 is 17.0 Å². The van der Waals surface area contributed by atoms with E-state index in [1.54, 1.807) is 13.0 Å². The Morgan fingerprint density at radius 2 is 2.09 bits per heavy atom. The Hall–Kier alpha value is -2.89. The molecule has 0 aliphatic carbocycles. The van der Waals surface area contributed by atoms with Crippen molar-refractivity contribution in [2.75, 3.05) is 24.6 Å². The molecule has 2 aliphatic rings. The highest BCUT2D eigenvalue weighted by molar-refractivity contribution is 7.08. The van der Waals surface area contributed by atoms with Gasteiger partial charge in [0.05, 0.1) is 17.4 Å². The summed E-state index contributed by atoms with van der Waals surface area (Å²) in [7, 11) is 0. The maximum absolute atomic E-state index is 12.9. The standard InChI is InChI=1S/C23H24ClN5O5S/c1-12-8-17(28-9-13(10-28)16(30)6-5-14-4-2-3-7-34-14)25-20-18(12)19(31)15(21(32)33)11-29(20)23-26-22(24)27-35-23/h8,11,13-14H,2-7,9-10H2,1H3,(H,32,33). The van der Waals surface area contributed by atoms with Gasteiger partial charge in [-0.05, 0) is 55.8 Å². The van der Waals surface area contributed by atoms with Crippen LogP contribution in [0.2, 0.25) is 5.28 Å². The summed E-state index contributed by atoms with van der Waals surface area (Å²) in [6, 6.07) is 1.75. The van der Waals surface area contributed by atoms with E-state index in [9.17, 15) is 19.5 Å². The van der Waals surface area contributed by atoms with Crippen LogP contribution in [0.3, 0.4) is 0 Å². The van der Waals surface area contributed by atoms with Gasteiger partial charge in [0.15, 0.2) is 5.65 Å². The van der Waals surface area contributed by atoms with Gasteiger partial charge in [0.1, 0.15) is 17.2 Å². The van der Waals surface area contributed by atoms with Crippen molar-refractivity contribution in [3.63, 3.8) is 0 Å². The number of nitrogens with zero attached hydrogens (tertiary/aromatic N) is 5. The lowest BCUT2D eigenvalue weighted by Gasteiger charge is -2.39. The Morgan fingerprint density at radius 1 is 1.29 bits per heavy atom. The van der Waals surface area contributed by atoms with E-state index >= 15 is 0 Å². The number of Topliss-reactive ketones (excluding diaryl/α,β-unsaturated/α-hetero) is 1. The molecule has 0 saturated carbocycles. The summed E-state index contributed by atoms with van der Waals surface area (Å²) in [5.41, 5.74) is -0.144. The van der Waals surface area contributed by atoms with Crippen molar-refractivity contribution in [2.45, 2.75) is 45.1 Å². The quantitative estimate of drug-likeness (QED) is 0.502. The van der Waals surface area contributed by atoms with Gasteiger partial charge in [-0.1, -0.05) is 0 Å². The second kappa shape index (κ2) is 9.63. The van der Waals surface area contributed by atoms with Crippen molar-refractivity contribution in [3.8, 4) is 5.13 Å². The third-order valence-corrected chi connectivity index (χ3v) is 7.60. The van der Waals surface area contributed by atoms with Crippen LogP contribution in [-0.4, -0.2) is 61.6 Å². The van der Waals surface area contributed by atoms with Gasteiger partial charge in [0.2, 0.25) is 15.8 Å². The average Bonchev–Trinajstić information content (AvgIpc) is 3.23. The summed E-state index contributed by atoms with van der Waals surface area (Å²) in [4.78, 5) is 48.1. The first-order chi connectivity index (χ1) is 16.8. The zero-order valence-corrected chi connectivity index (χ0v) is 20.6. The Balaban J connectivity index is 1.40. The molecule has 0 spiro atoms. The smallest absolute Gasteiger partial charge is 0.341 e. The Kier molecular flexibility index (Phi) is 6.56. The monoisotopic (exact) mass is 517 g/mol. The zero-order chi connectivity index (χ0) is 24.7. The first kappa shape index (κ1) is 23.8. The van der Waals surface area contributed by atoms with Crippen molar-refractivity contribution in [2.24, 2.45) is 5.92 Å². The lowest BCUT2D eigenvalue weighted by Crippen LogP contribution is -2.51. The maximum Gasteiger partial charge on any atom is 0.341 e. The van der Waals surface area contributed by atoms with Crippen LogP contribution in [0, 0.1) is 12.8 Å². The number of aromatic nitrogens is 4. The van der Waals surface area contributed by atoms with Crippen molar-refractivity contribution in [1.29, 1.82) is 0 Å². The number of rotatable bonds is 7. The van der Waals surface area contributed by atoms with Gasteiger partial charge in [-0.25, -0.2) is 9.78 Å². The number of carbonyl (C=O) groups excluding carboxylic acids is 1. The number of carboxylic acid groups (broad SMARTS) is 1. The van der Waals surface area contributed by atoms with Crippen molar-refractivity contribution < 1.29 is 19.4 Å². The highest BCUT2D eigenvalue weighted by Crippen LogP contribution is 2.30. The van der Waals surface area contributed by atoms with Crippen LogP contribution in [0.5, 0.6) is 0 Å². The normalized spacial score (nSPS) is 18.6. The molecule has 5 heterocycles. The topological polar surface area (TPSA) is 128 Å². The van der Waals surface area contributed by atoms with E-state index in [2.05, 4.69) is 14.3 Å². The van der Waals surface area contributed by atoms with Crippen molar-refractivity contribution in [1.82, 2.24) is 18.9 Å². The number of carboxylic acids is 1. The Labute approximate surface area is 209 Å². The first-order valence-corrected chi connectivity index (χ1v) is 12.7. The molecule has 35 heavy (non-hydrogen) atoms. The number of anilines is 1. The fourth-order valence-electron chi connectivity index (χ4n) is 4.65. The molecule has 0 radical (unpaired) electrons. The fraction of sp³-hybridized carbons (Fsp3) is 0.478. The summed E-state index contributed by atoms with van der Waals surface area (Å²) in [5, 5.41) is 10.1. The number of ether oxygens (including phenoxy) is 1. The summed E-state index contributed by atoms with van der Waals surface area (Å²) in [5.74, 6) is -0.552. The summed E-state index contributed by atoms with van der Waals surface area (Å²) < 4.78 is 11.1. The highest BCUT2D eigenvalue weighted by atomic mass is 35.5. The molecule has 1 unspecified atom stereocenters. The molecular weight excluding hydrogens is 494 g/mol. The molecule has 12 heteroatoms. The van der Waals surface area contributed by atoms with Gasteiger partial charge in [-0.15, -0.1) is 0 Å². The number of hydrogen-bond donors (Lipinski definition) is 1. The van der Waals surface area contributed by atoms with E-state index in [-0.39, 0.29) is 34.1 Å². The lowest BCUT2D eigenvalue weighted by molar-refractivity contribution is -0.124. The minimum absolute atomic E-state index is 0.0179. The number of aryl methyl sites for hydroxylation is 1. The number of aromatic carboxylic acids is 1. The second-order valence-electron chi connectivity index (χ2n) is 8.98. The summed E-state index contributed by atoms with van der Waals surface area (Å²) >= 11 is 6.86. The van der Waals surface area contributed by atoms with Gasteiger partial charge >= 0.3 is 5.97 Å². The SMILES string of the molecule is Cc1cc(N2CC(C(=O)CCC3CCCCO3)C2)nc2c1c(=O)c(C(=O)O)cn2-c1nc(Cl)ns1. The molecule has 1 atom stereocenters. The van der Waals surface area contributed by atoms with Crippen LogP contribution in [-0.2, 0) is 9.53 Å². The molecule has 0 amide bonds. The van der Waals surface area contributed by atoms with E-state index in [1.165, 1.54) is 10.8 Å². The number of halogens is 1. The largest absolute Gasteiger partial charge is 0.477 e. The predicted molar refractivity (Wildman–Crippen MR) is 131 cm³/mol. The minimum atomic E-state index is -1.34. The second-order valence-corrected chi connectivity index (χ2v) is 10.1. The molecule has 3 aromatic rings. The molecule has 184 valence electrons. The first-order valence-electron chi connectivity index (χ1n) is 11.5.